The van der Waals surface area contributed by atoms with E-state index in [1.165, 1.54) is 25.6 Å². The highest BCUT2D eigenvalue weighted by atomic mass is 35.5. The third-order valence-corrected chi connectivity index (χ3v) is 6.99. The molecule has 9 nitrogen and oxygen atoms in total. The van der Waals surface area contributed by atoms with Gasteiger partial charge in [0.1, 0.15) is 10.7 Å². The van der Waals surface area contributed by atoms with Gasteiger partial charge < -0.3 is 15.3 Å². The van der Waals surface area contributed by atoms with E-state index in [1.54, 1.807) is 0 Å². The monoisotopic (exact) mass is 548 g/mol. The zero-order valence-electron chi connectivity index (χ0n) is 19.6. The van der Waals surface area contributed by atoms with Crippen molar-refractivity contribution < 1.29 is 22.3 Å². The number of rotatable bonds is 5. The van der Waals surface area contributed by atoms with Crippen molar-refractivity contribution in [2.45, 2.75) is 42.7 Å². The van der Waals surface area contributed by atoms with Crippen LogP contribution in [0.4, 0.5) is 26.2 Å². The van der Waals surface area contributed by atoms with Gasteiger partial charge in [0.25, 0.3) is 0 Å². The molecular formula is C24H23ClF2N6O3S. The van der Waals surface area contributed by atoms with Gasteiger partial charge >= 0.3 is 0 Å². The number of primary sulfonamides is 1. The van der Waals surface area contributed by atoms with Gasteiger partial charge in [0.15, 0.2) is 11.6 Å². The van der Waals surface area contributed by atoms with Crippen LogP contribution in [0.1, 0.15) is 36.8 Å². The van der Waals surface area contributed by atoms with E-state index in [0.29, 0.717) is 24.4 Å². The molecule has 1 saturated carbocycles. The quantitative estimate of drug-likeness (QED) is 0.413. The molecule has 0 unspecified atom stereocenters. The first-order valence-corrected chi connectivity index (χ1v) is 13.1. The number of nitrogens with zero attached hydrogens (tertiary/aromatic N) is 4. The third-order valence-electron chi connectivity index (χ3n) is 5.87. The Morgan fingerprint density at radius 1 is 1.11 bits per heavy atom. The van der Waals surface area contributed by atoms with Crippen LogP contribution < -0.4 is 15.4 Å². The minimum Gasteiger partial charge on any atom is -0.393 e. The van der Waals surface area contributed by atoms with Crippen molar-refractivity contribution in [3.8, 4) is 11.8 Å². The zero-order chi connectivity index (χ0) is 26.7. The van der Waals surface area contributed by atoms with Gasteiger partial charge in [-0.25, -0.2) is 37.3 Å². The normalized spacial score (nSPS) is 17.6. The molecule has 0 aliphatic heterocycles. The maximum absolute atomic E-state index is 15.4. The molecule has 2 heterocycles. The highest BCUT2D eigenvalue weighted by molar-refractivity contribution is 7.89. The molecule has 1 fully saturated rings. The van der Waals surface area contributed by atoms with Gasteiger partial charge in [-0.05, 0) is 43.9 Å². The minimum absolute atomic E-state index is 0.0216. The molecule has 1 aliphatic rings. The number of anilines is 3. The van der Waals surface area contributed by atoms with E-state index in [1.807, 2.05) is 0 Å². The van der Waals surface area contributed by atoms with E-state index in [9.17, 15) is 17.9 Å². The molecule has 0 amide bonds. The van der Waals surface area contributed by atoms with Crippen molar-refractivity contribution in [3.63, 3.8) is 0 Å². The molecule has 0 spiro atoms. The SMILES string of the molecule is CN(c1ccc(F)c(C#Cc2cnc(NC3CCC(O)CC3)nc2)c1F)c1ncc(Cl)cc1S(N)(=O)=O. The van der Waals surface area contributed by atoms with Crippen LogP contribution in [0.5, 0.6) is 0 Å². The van der Waals surface area contributed by atoms with E-state index in [-0.39, 0.29) is 28.7 Å². The lowest BCUT2D eigenvalue weighted by atomic mass is 9.93. The van der Waals surface area contributed by atoms with Crippen molar-refractivity contribution in [1.82, 2.24) is 15.0 Å². The van der Waals surface area contributed by atoms with Gasteiger partial charge in [0.05, 0.1) is 27.9 Å². The number of benzene rings is 1. The molecule has 0 saturated heterocycles. The van der Waals surface area contributed by atoms with Gasteiger partial charge in [0.2, 0.25) is 16.0 Å². The maximum atomic E-state index is 15.4. The van der Waals surface area contributed by atoms with Crippen LogP contribution >= 0.6 is 11.6 Å². The summed E-state index contributed by atoms with van der Waals surface area (Å²) in [6, 6.07) is 3.39. The summed E-state index contributed by atoms with van der Waals surface area (Å²) in [6.45, 7) is 0. The molecular weight excluding hydrogens is 526 g/mol. The van der Waals surface area contributed by atoms with Crippen molar-refractivity contribution in [3.05, 3.63) is 64.6 Å². The molecule has 0 bridgehead atoms. The Hall–Kier alpha value is -3.37. The van der Waals surface area contributed by atoms with E-state index < -0.39 is 32.1 Å². The number of halogens is 3. The summed E-state index contributed by atoms with van der Waals surface area (Å²) in [5.74, 6) is 3.38. The first kappa shape index (κ1) is 26.7. The highest BCUT2D eigenvalue weighted by Crippen LogP contribution is 2.32. The smallest absolute Gasteiger partial charge is 0.241 e. The van der Waals surface area contributed by atoms with Crippen molar-refractivity contribution in [2.75, 3.05) is 17.3 Å². The minimum atomic E-state index is -4.25. The second-order valence-electron chi connectivity index (χ2n) is 8.53. The summed E-state index contributed by atoms with van der Waals surface area (Å²) in [5.41, 5.74) is -0.379. The predicted molar refractivity (Wildman–Crippen MR) is 135 cm³/mol. The first-order valence-electron chi connectivity index (χ1n) is 11.2. The molecule has 0 radical (unpaired) electrons. The highest BCUT2D eigenvalue weighted by Gasteiger charge is 2.24. The lowest BCUT2D eigenvalue weighted by Gasteiger charge is -2.25. The fraction of sp³-hybridized carbons (Fsp3) is 0.292. The Morgan fingerprint density at radius 3 is 2.43 bits per heavy atom. The molecule has 2 aromatic heterocycles. The topological polar surface area (TPSA) is 134 Å². The summed E-state index contributed by atoms with van der Waals surface area (Å²) >= 11 is 5.85. The van der Waals surface area contributed by atoms with Crippen molar-refractivity contribution in [2.24, 2.45) is 5.14 Å². The molecule has 37 heavy (non-hydrogen) atoms. The number of aromatic nitrogens is 3. The van der Waals surface area contributed by atoms with Crippen LogP contribution in [0.15, 0.2) is 41.7 Å². The number of pyridine rings is 1. The van der Waals surface area contributed by atoms with Gasteiger partial charge in [-0.15, -0.1) is 0 Å². The zero-order valence-corrected chi connectivity index (χ0v) is 21.2. The second kappa shape index (κ2) is 10.9. The average Bonchev–Trinajstić information content (AvgIpc) is 2.85. The number of hydrogen-bond donors (Lipinski definition) is 3. The summed E-state index contributed by atoms with van der Waals surface area (Å²) in [4.78, 5) is 13.1. The fourth-order valence-electron chi connectivity index (χ4n) is 3.91. The number of nitrogens with one attached hydrogen (secondary N) is 1. The summed E-state index contributed by atoms with van der Waals surface area (Å²) < 4.78 is 53.9. The Balaban J connectivity index is 1.58. The number of aliphatic hydroxyl groups is 1. The molecule has 4 N–H and O–H groups in total. The molecule has 13 heteroatoms. The Labute approximate surface area is 217 Å². The van der Waals surface area contributed by atoms with Crippen LogP contribution in [-0.4, -0.2) is 47.7 Å². The number of sulfonamides is 1. The van der Waals surface area contributed by atoms with Crippen molar-refractivity contribution >= 4 is 39.1 Å². The Kier molecular flexibility index (Phi) is 7.89. The number of hydrogen-bond acceptors (Lipinski definition) is 8. The predicted octanol–water partition coefficient (Wildman–Crippen LogP) is 3.33. The first-order chi connectivity index (χ1) is 17.5. The summed E-state index contributed by atoms with van der Waals surface area (Å²) in [5, 5.41) is 18.1. The van der Waals surface area contributed by atoms with Gasteiger partial charge in [0, 0.05) is 31.7 Å². The van der Waals surface area contributed by atoms with Crippen LogP contribution in [0.25, 0.3) is 0 Å². The Morgan fingerprint density at radius 2 is 1.78 bits per heavy atom. The maximum Gasteiger partial charge on any atom is 0.241 e. The molecule has 1 aliphatic carbocycles. The number of nitrogens with two attached hydrogens (primary N) is 1. The van der Waals surface area contributed by atoms with E-state index in [0.717, 1.165) is 35.9 Å². The van der Waals surface area contributed by atoms with Crippen molar-refractivity contribution in [1.29, 1.82) is 0 Å². The molecule has 4 rings (SSSR count). The molecule has 0 atom stereocenters. The van der Waals surface area contributed by atoms with Crippen LogP contribution in [0.2, 0.25) is 5.02 Å². The number of aliphatic hydroxyl groups excluding tert-OH is 1. The lowest BCUT2D eigenvalue weighted by Crippen LogP contribution is -2.28. The largest absolute Gasteiger partial charge is 0.393 e. The summed E-state index contributed by atoms with van der Waals surface area (Å²) in [6.07, 6.45) is 6.81. The molecule has 3 aromatic rings. The van der Waals surface area contributed by atoms with Gasteiger partial charge in [-0.1, -0.05) is 23.4 Å². The van der Waals surface area contributed by atoms with Crippen LogP contribution in [0, 0.1) is 23.5 Å². The van der Waals surface area contributed by atoms with Crippen LogP contribution in [0.3, 0.4) is 0 Å². The standard InChI is InChI=1S/C24H23ClF2N6O3S/c1-33(23-21(37(28,35)36)10-15(25)13-29-23)20-9-8-19(26)18(22(20)27)7-2-14-11-30-24(31-12-14)32-16-3-5-17(34)6-4-16/h8-13,16-17,34H,3-6H2,1H3,(H2,28,35,36)(H,30,31,32). The molecule has 194 valence electrons. The van der Waals surface area contributed by atoms with E-state index in [4.69, 9.17) is 16.7 Å². The Bertz CT molecular complexity index is 1470. The van der Waals surface area contributed by atoms with E-state index >= 15 is 4.39 Å². The van der Waals surface area contributed by atoms with Gasteiger partial charge in [-0.2, -0.15) is 0 Å². The van der Waals surface area contributed by atoms with Crippen LogP contribution in [-0.2, 0) is 10.0 Å². The lowest BCUT2D eigenvalue weighted by molar-refractivity contribution is 0.126. The molecule has 1 aromatic carbocycles. The fourth-order valence-corrected chi connectivity index (χ4v) is 4.87. The van der Waals surface area contributed by atoms with E-state index in [2.05, 4.69) is 32.1 Å². The third kappa shape index (κ3) is 6.31. The average molecular weight is 549 g/mol. The van der Waals surface area contributed by atoms with Gasteiger partial charge in [-0.3, -0.25) is 0 Å². The second-order valence-corrected chi connectivity index (χ2v) is 10.5. The summed E-state index contributed by atoms with van der Waals surface area (Å²) in [7, 11) is -2.89.